The van der Waals surface area contributed by atoms with Crippen molar-refractivity contribution in [1.29, 1.82) is 0 Å². The minimum atomic E-state index is -0.255. The zero-order chi connectivity index (χ0) is 12.7. The number of hydrogen-bond acceptors (Lipinski definition) is 3. The quantitative estimate of drug-likeness (QED) is 0.594. The standard InChI is InChI=1S/C12H23N3O2/c1-3-12(5-4-6-13-9-12)11(17)15-8-7-14-10(2)16/h13H,3-9H2,1-2H3,(H,14,16)(H,15,17). The molecule has 0 bridgehead atoms. The van der Waals surface area contributed by atoms with Gasteiger partial charge in [-0.15, -0.1) is 0 Å². The van der Waals surface area contributed by atoms with Crippen LogP contribution in [0.4, 0.5) is 0 Å². The van der Waals surface area contributed by atoms with Gasteiger partial charge in [0.2, 0.25) is 11.8 Å². The third kappa shape index (κ3) is 4.00. The number of piperidine rings is 1. The number of carbonyl (C=O) groups excluding carboxylic acids is 2. The third-order valence-corrected chi connectivity index (χ3v) is 3.42. The summed E-state index contributed by atoms with van der Waals surface area (Å²) in [6, 6.07) is 0. The normalized spacial score (nSPS) is 24.1. The molecule has 0 aromatic rings. The first kappa shape index (κ1) is 14.0. The van der Waals surface area contributed by atoms with Crippen LogP contribution in [0.5, 0.6) is 0 Å². The van der Waals surface area contributed by atoms with Crippen LogP contribution in [0.2, 0.25) is 0 Å². The number of carbonyl (C=O) groups is 2. The summed E-state index contributed by atoms with van der Waals surface area (Å²) in [4.78, 5) is 22.8. The summed E-state index contributed by atoms with van der Waals surface area (Å²) < 4.78 is 0. The number of nitrogens with one attached hydrogen (secondary N) is 3. The molecule has 0 radical (unpaired) electrons. The SMILES string of the molecule is CCC1(C(=O)NCCNC(C)=O)CCCNC1. The Morgan fingerprint density at radius 1 is 1.29 bits per heavy atom. The maximum atomic E-state index is 12.1. The van der Waals surface area contributed by atoms with Crippen LogP contribution in [0, 0.1) is 5.41 Å². The van der Waals surface area contributed by atoms with Crippen LogP contribution < -0.4 is 16.0 Å². The summed E-state index contributed by atoms with van der Waals surface area (Å²) in [5.41, 5.74) is -0.255. The molecule has 1 rings (SSSR count). The highest BCUT2D eigenvalue weighted by atomic mass is 16.2. The van der Waals surface area contributed by atoms with Gasteiger partial charge in [0.1, 0.15) is 0 Å². The van der Waals surface area contributed by atoms with E-state index in [0.29, 0.717) is 13.1 Å². The van der Waals surface area contributed by atoms with Gasteiger partial charge in [-0.3, -0.25) is 9.59 Å². The Labute approximate surface area is 103 Å². The van der Waals surface area contributed by atoms with Gasteiger partial charge in [0.15, 0.2) is 0 Å². The summed E-state index contributed by atoms with van der Waals surface area (Å²) in [5.74, 6) is 0.0429. The van der Waals surface area contributed by atoms with E-state index in [2.05, 4.69) is 22.9 Å². The van der Waals surface area contributed by atoms with Crippen molar-refractivity contribution in [2.45, 2.75) is 33.1 Å². The van der Waals surface area contributed by atoms with E-state index < -0.39 is 0 Å². The Morgan fingerprint density at radius 3 is 2.53 bits per heavy atom. The lowest BCUT2D eigenvalue weighted by atomic mass is 9.77. The Bertz CT molecular complexity index is 273. The van der Waals surface area contributed by atoms with Gasteiger partial charge in [0.05, 0.1) is 5.41 Å². The number of amides is 2. The van der Waals surface area contributed by atoms with Gasteiger partial charge in [-0.1, -0.05) is 6.92 Å². The third-order valence-electron chi connectivity index (χ3n) is 3.42. The number of rotatable bonds is 5. The Hall–Kier alpha value is -1.10. The molecule has 5 nitrogen and oxygen atoms in total. The summed E-state index contributed by atoms with van der Waals surface area (Å²) >= 11 is 0. The maximum absolute atomic E-state index is 12.1. The Morgan fingerprint density at radius 2 is 2.00 bits per heavy atom. The van der Waals surface area contributed by atoms with Crippen molar-refractivity contribution >= 4 is 11.8 Å². The van der Waals surface area contributed by atoms with E-state index in [-0.39, 0.29) is 17.2 Å². The van der Waals surface area contributed by atoms with Crippen molar-refractivity contribution in [2.24, 2.45) is 5.41 Å². The summed E-state index contributed by atoms with van der Waals surface area (Å²) in [5, 5.41) is 8.86. The topological polar surface area (TPSA) is 70.2 Å². The van der Waals surface area contributed by atoms with E-state index in [4.69, 9.17) is 0 Å². The van der Waals surface area contributed by atoms with Gasteiger partial charge in [-0.25, -0.2) is 0 Å². The van der Waals surface area contributed by atoms with Gasteiger partial charge < -0.3 is 16.0 Å². The fourth-order valence-corrected chi connectivity index (χ4v) is 2.23. The molecule has 1 atom stereocenters. The molecule has 1 heterocycles. The molecule has 1 saturated heterocycles. The van der Waals surface area contributed by atoms with Gasteiger partial charge in [0, 0.05) is 26.6 Å². The van der Waals surface area contributed by atoms with E-state index in [1.54, 1.807) is 0 Å². The van der Waals surface area contributed by atoms with Crippen molar-refractivity contribution in [3.63, 3.8) is 0 Å². The molecule has 0 aliphatic carbocycles. The first-order valence-electron chi connectivity index (χ1n) is 6.34. The van der Waals surface area contributed by atoms with E-state index in [0.717, 1.165) is 32.4 Å². The van der Waals surface area contributed by atoms with Crippen LogP contribution in [0.1, 0.15) is 33.1 Å². The van der Waals surface area contributed by atoms with Crippen LogP contribution in [0.15, 0.2) is 0 Å². The molecule has 1 aliphatic heterocycles. The molecule has 3 N–H and O–H groups in total. The van der Waals surface area contributed by atoms with E-state index >= 15 is 0 Å². The Balaban J connectivity index is 2.36. The molecule has 1 aliphatic rings. The second kappa shape index (κ2) is 6.59. The molecule has 0 aromatic carbocycles. The van der Waals surface area contributed by atoms with Crippen molar-refractivity contribution in [3.8, 4) is 0 Å². The first-order chi connectivity index (χ1) is 8.10. The summed E-state index contributed by atoms with van der Waals surface area (Å²) in [6.45, 7) is 6.28. The molecule has 98 valence electrons. The van der Waals surface area contributed by atoms with E-state index in [9.17, 15) is 9.59 Å². The van der Waals surface area contributed by atoms with Crippen molar-refractivity contribution in [2.75, 3.05) is 26.2 Å². The van der Waals surface area contributed by atoms with Gasteiger partial charge in [-0.05, 0) is 25.8 Å². The molecule has 2 amide bonds. The van der Waals surface area contributed by atoms with Gasteiger partial charge in [0.25, 0.3) is 0 Å². The molecular formula is C12H23N3O2. The largest absolute Gasteiger partial charge is 0.355 e. The summed E-state index contributed by atoms with van der Waals surface area (Å²) in [7, 11) is 0. The monoisotopic (exact) mass is 241 g/mol. The highest BCUT2D eigenvalue weighted by molar-refractivity contribution is 5.83. The van der Waals surface area contributed by atoms with Crippen LogP contribution in [-0.4, -0.2) is 38.0 Å². The fraction of sp³-hybridized carbons (Fsp3) is 0.833. The van der Waals surface area contributed by atoms with E-state index in [1.165, 1.54) is 6.92 Å². The van der Waals surface area contributed by atoms with Gasteiger partial charge >= 0.3 is 0 Å². The maximum Gasteiger partial charge on any atom is 0.227 e. The highest BCUT2D eigenvalue weighted by Crippen LogP contribution is 2.29. The fourth-order valence-electron chi connectivity index (χ4n) is 2.23. The van der Waals surface area contributed by atoms with Crippen molar-refractivity contribution < 1.29 is 9.59 Å². The second-order valence-electron chi connectivity index (χ2n) is 4.65. The zero-order valence-corrected chi connectivity index (χ0v) is 10.8. The molecule has 1 fully saturated rings. The highest BCUT2D eigenvalue weighted by Gasteiger charge is 2.37. The van der Waals surface area contributed by atoms with Gasteiger partial charge in [-0.2, -0.15) is 0 Å². The lowest BCUT2D eigenvalue weighted by Gasteiger charge is -2.35. The van der Waals surface area contributed by atoms with E-state index in [1.807, 2.05) is 0 Å². The lowest BCUT2D eigenvalue weighted by Crippen LogP contribution is -2.51. The average molecular weight is 241 g/mol. The molecule has 0 saturated carbocycles. The predicted octanol–water partition coefficient (Wildman–Crippen LogP) is 0.0185. The molecular weight excluding hydrogens is 218 g/mol. The molecule has 5 heteroatoms. The first-order valence-corrected chi connectivity index (χ1v) is 6.34. The zero-order valence-electron chi connectivity index (χ0n) is 10.8. The minimum absolute atomic E-state index is 0.0659. The van der Waals surface area contributed by atoms with Crippen LogP contribution in [0.3, 0.4) is 0 Å². The lowest BCUT2D eigenvalue weighted by molar-refractivity contribution is -0.132. The Kier molecular flexibility index (Phi) is 5.41. The predicted molar refractivity (Wildman–Crippen MR) is 66.5 cm³/mol. The van der Waals surface area contributed by atoms with Crippen molar-refractivity contribution in [1.82, 2.24) is 16.0 Å². The second-order valence-corrected chi connectivity index (χ2v) is 4.65. The van der Waals surface area contributed by atoms with Crippen molar-refractivity contribution in [3.05, 3.63) is 0 Å². The number of hydrogen-bond donors (Lipinski definition) is 3. The molecule has 1 unspecified atom stereocenters. The summed E-state index contributed by atoms with van der Waals surface area (Å²) in [6.07, 6.45) is 2.85. The average Bonchev–Trinajstić information content (AvgIpc) is 2.35. The minimum Gasteiger partial charge on any atom is -0.355 e. The van der Waals surface area contributed by atoms with Crippen LogP contribution >= 0.6 is 0 Å². The van der Waals surface area contributed by atoms with Crippen LogP contribution in [-0.2, 0) is 9.59 Å². The molecule has 17 heavy (non-hydrogen) atoms. The molecule has 0 spiro atoms. The van der Waals surface area contributed by atoms with Crippen LogP contribution in [0.25, 0.3) is 0 Å². The smallest absolute Gasteiger partial charge is 0.227 e. The molecule has 0 aromatic heterocycles.